The molecular formula is C3H12OSeSi. The normalized spacial score (nSPS) is 10.0. The summed E-state index contributed by atoms with van der Waals surface area (Å²) in [6.07, 6.45) is 0. The minimum absolute atomic E-state index is 0. The number of rotatable bonds is 0. The monoisotopic (exact) mass is 172 g/mol. The van der Waals surface area contributed by atoms with Crippen LogP contribution in [0, 0.1) is 0 Å². The van der Waals surface area contributed by atoms with Gasteiger partial charge in [-0.05, 0) is 19.6 Å². The molecule has 0 aromatic carbocycles. The van der Waals surface area contributed by atoms with E-state index in [1.165, 1.54) is 0 Å². The molecule has 0 aliphatic heterocycles. The SMILES string of the molecule is C[Si](C)(C)O.[SeH2]. The molecular weight excluding hydrogens is 159 g/mol. The van der Waals surface area contributed by atoms with Crippen LogP contribution in [0.15, 0.2) is 0 Å². The molecule has 0 radical (unpaired) electrons. The Balaban J connectivity index is 0. The van der Waals surface area contributed by atoms with Crippen LogP contribution in [0.25, 0.3) is 0 Å². The Morgan fingerprint density at radius 1 is 1.17 bits per heavy atom. The molecule has 40 valence electrons. The van der Waals surface area contributed by atoms with Gasteiger partial charge in [-0.25, -0.2) is 0 Å². The average molecular weight is 171 g/mol. The van der Waals surface area contributed by atoms with Crippen molar-refractivity contribution in [1.29, 1.82) is 0 Å². The van der Waals surface area contributed by atoms with Crippen molar-refractivity contribution in [3.05, 3.63) is 0 Å². The first-order valence-corrected chi connectivity index (χ1v) is 5.17. The third-order valence-electron chi connectivity index (χ3n) is 0. The quantitative estimate of drug-likeness (QED) is 0.504. The number of hydrogen-bond donors (Lipinski definition) is 1. The molecule has 0 aromatic heterocycles. The second-order valence-electron chi connectivity index (χ2n) is 2.17. The predicted octanol–water partition coefficient (Wildman–Crippen LogP) is -0.103. The molecule has 0 aromatic rings. The second-order valence-corrected chi connectivity index (χ2v) is 6.51. The first-order chi connectivity index (χ1) is 2.00. The first kappa shape index (κ1) is 9.85. The van der Waals surface area contributed by atoms with Crippen LogP contribution in [0.1, 0.15) is 0 Å². The van der Waals surface area contributed by atoms with Gasteiger partial charge in [0, 0.05) is 0 Å². The summed E-state index contributed by atoms with van der Waals surface area (Å²) in [5, 5.41) is 0. The van der Waals surface area contributed by atoms with Crippen LogP contribution in [0.5, 0.6) is 0 Å². The first-order valence-electron chi connectivity index (χ1n) is 1.72. The van der Waals surface area contributed by atoms with E-state index in [9.17, 15) is 0 Å². The number of hydrogen-bond acceptors (Lipinski definition) is 1. The molecule has 0 saturated heterocycles. The van der Waals surface area contributed by atoms with Crippen molar-refractivity contribution in [3.63, 3.8) is 0 Å². The molecule has 0 unspecified atom stereocenters. The molecule has 0 saturated carbocycles. The predicted molar refractivity (Wildman–Crippen MR) is 34.1 cm³/mol. The average Bonchev–Trinajstić information content (AvgIpc) is 0.722. The summed E-state index contributed by atoms with van der Waals surface area (Å²) in [4.78, 5) is 8.66. The Hall–Kier alpha value is 0.696. The van der Waals surface area contributed by atoms with Crippen LogP contribution in [-0.2, 0) is 0 Å². The molecule has 0 bridgehead atoms. The Kier molecular flexibility index (Phi) is 4.60. The minimum atomic E-state index is -1.61. The molecule has 0 rings (SSSR count). The van der Waals surface area contributed by atoms with E-state index in [-0.39, 0.29) is 17.1 Å². The van der Waals surface area contributed by atoms with E-state index in [1.807, 2.05) is 19.6 Å². The van der Waals surface area contributed by atoms with Crippen molar-refractivity contribution in [3.8, 4) is 0 Å². The van der Waals surface area contributed by atoms with Crippen LogP contribution < -0.4 is 0 Å². The van der Waals surface area contributed by atoms with E-state index in [0.717, 1.165) is 0 Å². The van der Waals surface area contributed by atoms with Gasteiger partial charge in [-0.3, -0.25) is 0 Å². The zero-order valence-electron chi connectivity index (χ0n) is 4.45. The van der Waals surface area contributed by atoms with Crippen LogP contribution in [-0.4, -0.2) is 30.2 Å². The summed E-state index contributed by atoms with van der Waals surface area (Å²) in [7, 11) is -1.61. The van der Waals surface area contributed by atoms with Gasteiger partial charge in [0.25, 0.3) is 0 Å². The van der Waals surface area contributed by atoms with Crippen LogP contribution in [0.4, 0.5) is 0 Å². The summed E-state index contributed by atoms with van der Waals surface area (Å²) in [6.45, 7) is 5.65. The van der Waals surface area contributed by atoms with E-state index in [1.54, 1.807) is 0 Å². The van der Waals surface area contributed by atoms with E-state index in [0.29, 0.717) is 0 Å². The van der Waals surface area contributed by atoms with Crippen molar-refractivity contribution in [2.45, 2.75) is 19.6 Å². The molecule has 0 aliphatic rings. The van der Waals surface area contributed by atoms with Crippen molar-refractivity contribution in [2.75, 3.05) is 0 Å². The van der Waals surface area contributed by atoms with Gasteiger partial charge >= 0.3 is 17.1 Å². The van der Waals surface area contributed by atoms with Gasteiger partial charge in [0.15, 0.2) is 8.32 Å². The van der Waals surface area contributed by atoms with Gasteiger partial charge in [-0.1, -0.05) is 0 Å². The Morgan fingerprint density at radius 2 is 1.17 bits per heavy atom. The molecule has 0 spiro atoms. The van der Waals surface area contributed by atoms with E-state index >= 15 is 0 Å². The topological polar surface area (TPSA) is 20.2 Å². The van der Waals surface area contributed by atoms with E-state index in [2.05, 4.69) is 0 Å². The molecule has 1 nitrogen and oxygen atoms in total. The summed E-state index contributed by atoms with van der Waals surface area (Å²) in [5.74, 6) is 0. The third-order valence-corrected chi connectivity index (χ3v) is 0. The fraction of sp³-hybridized carbons (Fsp3) is 1.00. The summed E-state index contributed by atoms with van der Waals surface area (Å²) >= 11 is 0. The standard InChI is InChI=1S/C3H10OSi.H2Se/c1-5(2,3)4;/h4H,1-3H3;1H2. The third kappa shape index (κ3) is 132. The fourth-order valence-electron chi connectivity index (χ4n) is 0. The Morgan fingerprint density at radius 3 is 1.17 bits per heavy atom. The molecule has 0 amide bonds. The van der Waals surface area contributed by atoms with Crippen LogP contribution >= 0.6 is 0 Å². The zero-order chi connectivity index (χ0) is 4.50. The molecule has 0 atom stereocenters. The summed E-state index contributed by atoms with van der Waals surface area (Å²) < 4.78 is 0. The van der Waals surface area contributed by atoms with Gasteiger partial charge < -0.3 is 4.80 Å². The van der Waals surface area contributed by atoms with Crippen LogP contribution in [0.3, 0.4) is 0 Å². The molecule has 0 heterocycles. The van der Waals surface area contributed by atoms with Crippen molar-refractivity contribution in [1.82, 2.24) is 0 Å². The van der Waals surface area contributed by atoms with Gasteiger partial charge in [0.05, 0.1) is 0 Å². The Bertz CT molecular complexity index is 26.3. The Labute approximate surface area is 50.4 Å². The fourth-order valence-corrected chi connectivity index (χ4v) is 0. The van der Waals surface area contributed by atoms with Gasteiger partial charge in [-0.15, -0.1) is 0 Å². The van der Waals surface area contributed by atoms with E-state index < -0.39 is 8.32 Å². The summed E-state index contributed by atoms with van der Waals surface area (Å²) in [5.41, 5.74) is 0. The van der Waals surface area contributed by atoms with Gasteiger partial charge in [0.2, 0.25) is 0 Å². The molecule has 0 fully saturated rings. The van der Waals surface area contributed by atoms with Crippen LogP contribution in [0.2, 0.25) is 19.6 Å². The molecule has 6 heavy (non-hydrogen) atoms. The molecule has 0 aliphatic carbocycles. The van der Waals surface area contributed by atoms with Crippen molar-refractivity contribution in [2.24, 2.45) is 0 Å². The molecule has 3 heteroatoms. The maximum absolute atomic E-state index is 8.66. The second kappa shape index (κ2) is 2.80. The van der Waals surface area contributed by atoms with E-state index in [4.69, 9.17) is 4.80 Å². The van der Waals surface area contributed by atoms with Crippen molar-refractivity contribution >= 4 is 25.4 Å². The van der Waals surface area contributed by atoms with Gasteiger partial charge in [-0.2, -0.15) is 0 Å². The van der Waals surface area contributed by atoms with Crippen molar-refractivity contribution < 1.29 is 4.80 Å². The molecule has 1 N–H and O–H groups in total. The maximum atomic E-state index is 8.66. The zero-order valence-corrected chi connectivity index (χ0v) is 7.55. The van der Waals surface area contributed by atoms with Gasteiger partial charge in [0.1, 0.15) is 0 Å². The summed E-state index contributed by atoms with van der Waals surface area (Å²) in [6, 6.07) is 0.